The summed E-state index contributed by atoms with van der Waals surface area (Å²) in [5, 5.41) is 8.08. The van der Waals surface area contributed by atoms with Crippen molar-refractivity contribution in [2.45, 2.75) is 26.4 Å². The smallest absolute Gasteiger partial charge is 0.261 e. The number of hydrogen-bond acceptors (Lipinski definition) is 7. The molecule has 3 N–H and O–H groups in total. The first-order valence-electron chi connectivity index (χ1n) is 10.3. The number of H-pyrrole nitrogens is 2. The summed E-state index contributed by atoms with van der Waals surface area (Å²) in [5.74, 6) is 1.65. The van der Waals surface area contributed by atoms with E-state index in [0.29, 0.717) is 51.7 Å². The number of hydrogen-bond donors (Lipinski definition) is 3. The topological polar surface area (TPSA) is 126 Å². The molecule has 0 saturated carbocycles. The second-order valence-electron chi connectivity index (χ2n) is 7.37. The standard InChI is InChI=1S/C22H22N8O2/c1-4-30-11-14-18(29-30)19(25-12(2)20-23-9-6-10-24-20)16(22(31)27-14)21-26-13-7-5-8-15(32-3)17(13)28-21/h5-12,25H,4H2,1-3H3,(H,26,28)(H,27,31). The molecular weight excluding hydrogens is 408 g/mol. The minimum atomic E-state index is -0.283. The molecule has 0 fully saturated rings. The van der Waals surface area contributed by atoms with Crippen molar-refractivity contribution in [1.29, 1.82) is 0 Å². The molecular formula is C22H22N8O2. The summed E-state index contributed by atoms with van der Waals surface area (Å²) in [5.41, 5.74) is 3.33. The molecule has 162 valence electrons. The molecule has 0 amide bonds. The molecule has 4 heterocycles. The highest BCUT2D eigenvalue weighted by Gasteiger charge is 2.23. The zero-order chi connectivity index (χ0) is 22.2. The van der Waals surface area contributed by atoms with Gasteiger partial charge in [-0.25, -0.2) is 15.0 Å². The third-order valence-electron chi connectivity index (χ3n) is 5.31. The van der Waals surface area contributed by atoms with E-state index in [1.807, 2.05) is 38.2 Å². The largest absolute Gasteiger partial charge is 0.494 e. The molecule has 5 rings (SSSR count). The Hall–Kier alpha value is -4.21. The van der Waals surface area contributed by atoms with E-state index in [9.17, 15) is 4.79 Å². The van der Waals surface area contributed by atoms with Crippen molar-refractivity contribution >= 4 is 27.8 Å². The van der Waals surface area contributed by atoms with E-state index in [-0.39, 0.29) is 11.6 Å². The second-order valence-corrected chi connectivity index (χ2v) is 7.37. The molecule has 0 aliphatic heterocycles. The van der Waals surface area contributed by atoms with Crippen LogP contribution in [0.15, 0.2) is 47.7 Å². The van der Waals surface area contributed by atoms with Gasteiger partial charge in [0.05, 0.1) is 29.9 Å². The quantitative estimate of drug-likeness (QED) is 0.377. The maximum absolute atomic E-state index is 13.2. The van der Waals surface area contributed by atoms with Gasteiger partial charge in [-0.05, 0) is 32.0 Å². The molecule has 4 aromatic heterocycles. The van der Waals surface area contributed by atoms with Gasteiger partial charge in [-0.1, -0.05) is 6.07 Å². The van der Waals surface area contributed by atoms with Crippen molar-refractivity contribution in [2.75, 3.05) is 12.4 Å². The fraction of sp³-hybridized carbons (Fsp3) is 0.227. The Bertz CT molecular complexity index is 1470. The summed E-state index contributed by atoms with van der Waals surface area (Å²) < 4.78 is 7.21. The fourth-order valence-corrected chi connectivity index (χ4v) is 3.75. The summed E-state index contributed by atoms with van der Waals surface area (Å²) in [4.78, 5) is 32.8. The molecule has 0 bridgehead atoms. The maximum Gasteiger partial charge on any atom is 0.261 e. The Morgan fingerprint density at radius 1 is 1.12 bits per heavy atom. The van der Waals surface area contributed by atoms with Crippen molar-refractivity contribution in [3.8, 4) is 17.1 Å². The van der Waals surface area contributed by atoms with Crippen LogP contribution in [0, 0.1) is 0 Å². The van der Waals surface area contributed by atoms with Gasteiger partial charge in [-0.15, -0.1) is 0 Å². The third-order valence-corrected chi connectivity index (χ3v) is 5.31. The highest BCUT2D eigenvalue weighted by atomic mass is 16.5. The predicted octanol–water partition coefficient (Wildman–Crippen LogP) is 3.26. The number of ether oxygens (including phenoxy) is 1. The van der Waals surface area contributed by atoms with Crippen molar-refractivity contribution < 1.29 is 4.74 Å². The van der Waals surface area contributed by atoms with Crippen LogP contribution in [0.2, 0.25) is 0 Å². The number of fused-ring (bicyclic) bond motifs is 2. The average Bonchev–Trinajstić information content (AvgIpc) is 3.43. The van der Waals surface area contributed by atoms with Crippen LogP contribution in [-0.2, 0) is 6.54 Å². The number of benzene rings is 1. The molecule has 10 nitrogen and oxygen atoms in total. The monoisotopic (exact) mass is 430 g/mol. The average molecular weight is 430 g/mol. The number of aromatic amines is 2. The van der Waals surface area contributed by atoms with E-state index < -0.39 is 0 Å². The molecule has 1 atom stereocenters. The van der Waals surface area contributed by atoms with Crippen molar-refractivity contribution in [2.24, 2.45) is 0 Å². The molecule has 0 radical (unpaired) electrons. The lowest BCUT2D eigenvalue weighted by molar-refractivity contribution is 0.419. The van der Waals surface area contributed by atoms with E-state index >= 15 is 0 Å². The SMILES string of the molecule is CCn1cc2[nH]c(=O)c(-c3nc4c(OC)cccc4[nH]3)c(NC(C)c3ncccn3)c2n1. The molecule has 0 aliphatic carbocycles. The molecule has 10 heteroatoms. The van der Waals surface area contributed by atoms with Gasteiger partial charge >= 0.3 is 0 Å². The Kier molecular flexibility index (Phi) is 4.81. The van der Waals surface area contributed by atoms with Gasteiger partial charge in [0.15, 0.2) is 0 Å². The number of nitrogens with zero attached hydrogens (tertiary/aromatic N) is 5. The number of pyridine rings is 1. The molecule has 0 aliphatic rings. The summed E-state index contributed by atoms with van der Waals surface area (Å²) in [6.45, 7) is 4.60. The van der Waals surface area contributed by atoms with Crippen LogP contribution < -0.4 is 15.6 Å². The fourth-order valence-electron chi connectivity index (χ4n) is 3.75. The zero-order valence-corrected chi connectivity index (χ0v) is 17.9. The van der Waals surface area contributed by atoms with Gasteiger partial charge in [0.1, 0.15) is 34.0 Å². The third kappa shape index (κ3) is 3.25. The van der Waals surface area contributed by atoms with Crippen molar-refractivity contribution in [1.82, 2.24) is 34.7 Å². The van der Waals surface area contributed by atoms with Crippen LogP contribution in [0.4, 0.5) is 5.69 Å². The first-order chi connectivity index (χ1) is 15.6. The van der Waals surface area contributed by atoms with E-state index in [1.165, 1.54) is 0 Å². The number of anilines is 1. The van der Waals surface area contributed by atoms with Gasteiger partial charge in [-0.2, -0.15) is 5.10 Å². The molecule has 1 aromatic carbocycles. The minimum absolute atomic E-state index is 0.273. The van der Waals surface area contributed by atoms with Gasteiger partial charge in [0, 0.05) is 25.1 Å². The van der Waals surface area contributed by atoms with Crippen molar-refractivity contribution in [3.63, 3.8) is 0 Å². The number of para-hydroxylation sites is 1. The van der Waals surface area contributed by atoms with Crippen LogP contribution in [0.1, 0.15) is 25.7 Å². The van der Waals surface area contributed by atoms with Gasteiger partial charge < -0.3 is 20.0 Å². The van der Waals surface area contributed by atoms with E-state index in [0.717, 1.165) is 5.52 Å². The Labute approximate surface area is 182 Å². The first-order valence-corrected chi connectivity index (χ1v) is 10.3. The lowest BCUT2D eigenvalue weighted by atomic mass is 10.1. The lowest BCUT2D eigenvalue weighted by Gasteiger charge is -2.16. The number of methoxy groups -OCH3 is 1. The molecule has 32 heavy (non-hydrogen) atoms. The summed E-state index contributed by atoms with van der Waals surface area (Å²) in [6.07, 6.45) is 5.19. The van der Waals surface area contributed by atoms with E-state index in [4.69, 9.17) is 4.74 Å². The van der Waals surface area contributed by atoms with Crippen LogP contribution in [-0.4, -0.2) is 41.8 Å². The van der Waals surface area contributed by atoms with Crippen LogP contribution in [0.5, 0.6) is 5.75 Å². The summed E-state index contributed by atoms with van der Waals surface area (Å²) in [6, 6.07) is 7.08. The van der Waals surface area contributed by atoms with Crippen molar-refractivity contribution in [3.05, 3.63) is 59.0 Å². The van der Waals surface area contributed by atoms with Gasteiger partial charge in [-0.3, -0.25) is 9.48 Å². The first kappa shape index (κ1) is 19.7. The van der Waals surface area contributed by atoms with E-state index in [2.05, 4.69) is 35.3 Å². The number of aryl methyl sites for hydroxylation is 1. The Morgan fingerprint density at radius 2 is 1.94 bits per heavy atom. The van der Waals surface area contributed by atoms with Crippen LogP contribution >= 0.6 is 0 Å². The van der Waals surface area contributed by atoms with Gasteiger partial charge in [0.25, 0.3) is 5.56 Å². The van der Waals surface area contributed by atoms with Crippen LogP contribution in [0.3, 0.4) is 0 Å². The second kappa shape index (κ2) is 7.80. The number of imidazole rings is 1. The molecule has 5 aromatic rings. The normalized spacial score (nSPS) is 12.3. The summed E-state index contributed by atoms with van der Waals surface area (Å²) >= 11 is 0. The summed E-state index contributed by atoms with van der Waals surface area (Å²) in [7, 11) is 1.59. The zero-order valence-electron chi connectivity index (χ0n) is 17.9. The molecule has 0 saturated heterocycles. The van der Waals surface area contributed by atoms with Crippen LogP contribution in [0.25, 0.3) is 33.5 Å². The predicted molar refractivity (Wildman–Crippen MR) is 122 cm³/mol. The van der Waals surface area contributed by atoms with E-state index in [1.54, 1.807) is 30.3 Å². The lowest BCUT2D eigenvalue weighted by Crippen LogP contribution is -2.17. The number of rotatable bonds is 6. The Balaban J connectivity index is 1.74. The van der Waals surface area contributed by atoms with Gasteiger partial charge in [0.2, 0.25) is 0 Å². The molecule has 1 unspecified atom stereocenters. The number of nitrogens with one attached hydrogen (secondary N) is 3. The highest BCUT2D eigenvalue weighted by Crippen LogP contribution is 2.33. The number of aromatic nitrogens is 7. The molecule has 0 spiro atoms. The maximum atomic E-state index is 13.2. The minimum Gasteiger partial charge on any atom is -0.494 e. The Morgan fingerprint density at radius 3 is 2.69 bits per heavy atom. The highest BCUT2D eigenvalue weighted by molar-refractivity contribution is 5.97.